The summed E-state index contributed by atoms with van der Waals surface area (Å²) in [7, 11) is 1.47. The lowest BCUT2D eigenvalue weighted by molar-refractivity contribution is 0.0754. The van der Waals surface area contributed by atoms with Crippen LogP contribution in [-0.4, -0.2) is 12.2 Å². The van der Waals surface area contributed by atoms with Crippen LogP contribution in [0.4, 0.5) is 4.39 Å². The van der Waals surface area contributed by atoms with E-state index < -0.39 is 5.60 Å². The second kappa shape index (κ2) is 3.58. The van der Waals surface area contributed by atoms with Gasteiger partial charge in [-0.15, -0.1) is 0 Å². The predicted octanol–water partition coefficient (Wildman–Crippen LogP) is 2.37. The van der Waals surface area contributed by atoms with Crippen LogP contribution >= 0.6 is 0 Å². The van der Waals surface area contributed by atoms with Crippen molar-refractivity contribution in [2.24, 2.45) is 0 Å². The maximum Gasteiger partial charge on any atom is 0.130 e. The van der Waals surface area contributed by atoms with Gasteiger partial charge in [0.2, 0.25) is 0 Å². The minimum Gasteiger partial charge on any atom is -0.496 e. The number of ether oxygens (including phenoxy) is 1. The Morgan fingerprint density at radius 1 is 1.36 bits per heavy atom. The lowest BCUT2D eigenvalue weighted by Crippen LogP contribution is -2.17. The van der Waals surface area contributed by atoms with Crippen LogP contribution in [0.5, 0.6) is 5.75 Å². The van der Waals surface area contributed by atoms with Gasteiger partial charge in [-0.25, -0.2) is 4.39 Å². The van der Waals surface area contributed by atoms with Crippen molar-refractivity contribution in [1.29, 1.82) is 0 Å². The van der Waals surface area contributed by atoms with Crippen molar-refractivity contribution in [2.45, 2.75) is 26.4 Å². The summed E-state index contributed by atoms with van der Waals surface area (Å²) >= 11 is 0. The van der Waals surface area contributed by atoms with Crippen LogP contribution in [0.3, 0.4) is 0 Å². The minimum atomic E-state index is -1.02. The third-order valence-corrected chi connectivity index (χ3v) is 2.20. The Hall–Kier alpha value is -1.09. The summed E-state index contributed by atoms with van der Waals surface area (Å²) in [6.45, 7) is 4.91. The molecule has 0 saturated heterocycles. The molecule has 3 heteroatoms. The van der Waals surface area contributed by atoms with Gasteiger partial charge < -0.3 is 9.84 Å². The maximum absolute atomic E-state index is 13.2. The van der Waals surface area contributed by atoms with Crippen LogP contribution in [0.2, 0.25) is 0 Å². The van der Waals surface area contributed by atoms with E-state index in [2.05, 4.69) is 0 Å². The lowest BCUT2D eigenvalue weighted by Gasteiger charge is -2.22. The van der Waals surface area contributed by atoms with Crippen molar-refractivity contribution in [1.82, 2.24) is 0 Å². The molecule has 0 aliphatic carbocycles. The third kappa shape index (κ3) is 1.87. The summed E-state index contributed by atoms with van der Waals surface area (Å²) in [5.41, 5.74) is -0.00454. The van der Waals surface area contributed by atoms with Gasteiger partial charge in [-0.05, 0) is 32.9 Å². The van der Waals surface area contributed by atoms with Gasteiger partial charge in [0, 0.05) is 11.1 Å². The number of hydrogen-bond acceptors (Lipinski definition) is 2. The first-order valence-corrected chi connectivity index (χ1v) is 4.44. The molecule has 1 aromatic rings. The van der Waals surface area contributed by atoms with E-state index in [4.69, 9.17) is 4.74 Å². The van der Waals surface area contributed by atoms with Gasteiger partial charge in [-0.2, -0.15) is 0 Å². The molecule has 0 fully saturated rings. The number of hydrogen-bond donors (Lipinski definition) is 1. The van der Waals surface area contributed by atoms with E-state index in [1.165, 1.54) is 13.2 Å². The Kier molecular flexibility index (Phi) is 2.81. The summed E-state index contributed by atoms with van der Waals surface area (Å²) in [6, 6.07) is 2.88. The first-order valence-electron chi connectivity index (χ1n) is 4.44. The van der Waals surface area contributed by atoms with Crippen LogP contribution < -0.4 is 4.74 Å². The zero-order valence-corrected chi connectivity index (χ0v) is 8.89. The highest BCUT2D eigenvalue weighted by molar-refractivity contribution is 5.44. The monoisotopic (exact) mass is 198 g/mol. The number of halogens is 1. The average molecular weight is 198 g/mol. The predicted molar refractivity (Wildman–Crippen MR) is 52.9 cm³/mol. The number of aliphatic hydroxyl groups is 1. The van der Waals surface area contributed by atoms with Gasteiger partial charge in [-0.1, -0.05) is 0 Å². The summed E-state index contributed by atoms with van der Waals surface area (Å²) in [5.74, 6) is 0.0901. The van der Waals surface area contributed by atoms with Gasteiger partial charge in [0.25, 0.3) is 0 Å². The SMILES string of the molecule is COc1c(C(C)(C)O)ccc(F)c1C. The Bertz CT molecular complexity index is 340. The zero-order valence-electron chi connectivity index (χ0n) is 8.89. The largest absolute Gasteiger partial charge is 0.496 e. The summed E-state index contributed by atoms with van der Waals surface area (Å²) < 4.78 is 18.3. The van der Waals surface area contributed by atoms with Crippen LogP contribution in [0.15, 0.2) is 12.1 Å². The molecule has 0 aliphatic rings. The summed E-state index contributed by atoms with van der Waals surface area (Å²) in [4.78, 5) is 0. The van der Waals surface area contributed by atoms with E-state index in [1.807, 2.05) is 0 Å². The number of rotatable bonds is 2. The van der Waals surface area contributed by atoms with Crippen LogP contribution in [0, 0.1) is 12.7 Å². The van der Waals surface area contributed by atoms with Crippen molar-refractivity contribution in [3.63, 3.8) is 0 Å². The zero-order chi connectivity index (χ0) is 10.9. The fourth-order valence-electron chi connectivity index (χ4n) is 1.41. The smallest absolute Gasteiger partial charge is 0.130 e. The fourth-order valence-corrected chi connectivity index (χ4v) is 1.41. The fraction of sp³-hybridized carbons (Fsp3) is 0.455. The molecule has 78 valence electrons. The molecule has 1 rings (SSSR count). The van der Waals surface area contributed by atoms with Crippen LogP contribution in [0.1, 0.15) is 25.0 Å². The molecule has 0 bridgehead atoms. The second-order valence-corrected chi connectivity index (χ2v) is 3.81. The third-order valence-electron chi connectivity index (χ3n) is 2.20. The molecule has 1 aromatic carbocycles. The average Bonchev–Trinajstić information content (AvgIpc) is 2.07. The Balaban J connectivity index is 3.39. The normalized spacial score (nSPS) is 11.6. The highest BCUT2D eigenvalue weighted by Gasteiger charge is 2.23. The molecule has 0 radical (unpaired) electrons. The van der Waals surface area contributed by atoms with Crippen LogP contribution in [0.25, 0.3) is 0 Å². The van der Waals surface area contributed by atoms with Crippen molar-refractivity contribution in [3.8, 4) is 5.75 Å². The first kappa shape index (κ1) is 11.0. The van der Waals surface area contributed by atoms with Crippen molar-refractivity contribution in [3.05, 3.63) is 29.1 Å². The first-order chi connectivity index (χ1) is 6.38. The van der Waals surface area contributed by atoms with Crippen LogP contribution in [-0.2, 0) is 5.60 Å². The maximum atomic E-state index is 13.2. The minimum absolute atomic E-state index is 0.324. The molecule has 0 spiro atoms. The molecule has 0 saturated carbocycles. The van der Waals surface area contributed by atoms with Gasteiger partial charge in [0.15, 0.2) is 0 Å². The van der Waals surface area contributed by atoms with E-state index in [0.717, 1.165) is 0 Å². The molecule has 1 N–H and O–H groups in total. The molecule has 0 heterocycles. The lowest BCUT2D eigenvalue weighted by atomic mass is 9.95. The molecule has 0 unspecified atom stereocenters. The van der Waals surface area contributed by atoms with Gasteiger partial charge >= 0.3 is 0 Å². The van der Waals surface area contributed by atoms with E-state index in [0.29, 0.717) is 16.9 Å². The second-order valence-electron chi connectivity index (χ2n) is 3.81. The quantitative estimate of drug-likeness (QED) is 0.790. The van der Waals surface area contributed by atoms with Gasteiger partial charge in [0.1, 0.15) is 11.6 Å². The molecule has 0 atom stereocenters. The van der Waals surface area contributed by atoms with E-state index >= 15 is 0 Å². The molecule has 0 amide bonds. The Morgan fingerprint density at radius 2 is 1.93 bits per heavy atom. The van der Waals surface area contributed by atoms with Crippen molar-refractivity contribution < 1.29 is 14.2 Å². The number of methoxy groups -OCH3 is 1. The molecule has 0 aliphatic heterocycles. The number of benzene rings is 1. The molecular formula is C11H15FO2. The van der Waals surface area contributed by atoms with Crippen molar-refractivity contribution in [2.75, 3.05) is 7.11 Å². The highest BCUT2D eigenvalue weighted by Crippen LogP contribution is 2.33. The summed E-state index contributed by atoms with van der Waals surface area (Å²) in [6.07, 6.45) is 0. The standard InChI is InChI=1S/C11H15FO2/c1-7-9(12)6-5-8(10(7)14-4)11(2,3)13/h5-6,13H,1-4H3. The molecule has 0 aromatic heterocycles. The molecule has 14 heavy (non-hydrogen) atoms. The van der Waals surface area contributed by atoms with Gasteiger partial charge in [-0.3, -0.25) is 0 Å². The van der Waals surface area contributed by atoms with E-state index in [1.54, 1.807) is 26.8 Å². The van der Waals surface area contributed by atoms with Gasteiger partial charge in [0.05, 0.1) is 12.7 Å². The molecular weight excluding hydrogens is 183 g/mol. The van der Waals surface area contributed by atoms with E-state index in [-0.39, 0.29) is 5.82 Å². The Labute approximate surface area is 83.3 Å². The Morgan fingerprint density at radius 3 is 2.36 bits per heavy atom. The topological polar surface area (TPSA) is 29.5 Å². The van der Waals surface area contributed by atoms with E-state index in [9.17, 15) is 9.50 Å². The molecule has 2 nitrogen and oxygen atoms in total. The summed E-state index contributed by atoms with van der Waals surface area (Å²) in [5, 5.41) is 9.81. The van der Waals surface area contributed by atoms with Crippen molar-refractivity contribution >= 4 is 0 Å². The highest BCUT2D eigenvalue weighted by atomic mass is 19.1.